The maximum Gasteiger partial charge on any atom is 0.408 e. The van der Waals surface area contributed by atoms with Crippen LogP contribution in [-0.2, 0) is 27.3 Å². The fraction of sp³-hybridized carbons (Fsp3) is 0.267. The Morgan fingerprint density at radius 2 is 1.68 bits per heavy atom. The Balaban J connectivity index is 1.36. The normalized spacial score (nSPS) is 11.8. The average molecular weight is 561 g/mol. The molecule has 41 heavy (non-hydrogen) atoms. The zero-order valence-corrected chi connectivity index (χ0v) is 23.1. The van der Waals surface area contributed by atoms with Crippen LogP contribution in [-0.4, -0.2) is 52.8 Å². The van der Waals surface area contributed by atoms with Crippen LogP contribution >= 0.6 is 0 Å². The largest absolute Gasteiger partial charge is 0.497 e. The van der Waals surface area contributed by atoms with Gasteiger partial charge >= 0.3 is 12.1 Å². The van der Waals surface area contributed by atoms with Crippen molar-refractivity contribution in [3.63, 3.8) is 0 Å². The number of rotatable bonds is 13. The average Bonchev–Trinajstić information content (AvgIpc) is 3.39. The fourth-order valence-electron chi connectivity index (χ4n) is 3.67. The first-order valence-electron chi connectivity index (χ1n) is 12.8. The molecule has 0 aliphatic rings. The van der Waals surface area contributed by atoms with E-state index in [-0.39, 0.29) is 19.8 Å². The lowest BCUT2D eigenvalue weighted by Gasteiger charge is -2.23. The molecule has 1 amide bonds. The Bertz CT molecular complexity index is 1470. The molecular formula is C30H32N4O7. The maximum atomic E-state index is 13.0. The molecule has 3 aromatic carbocycles. The maximum absolute atomic E-state index is 13.0. The molecule has 11 nitrogen and oxygen atoms in total. The molecule has 1 atom stereocenters. The third-order valence-electron chi connectivity index (χ3n) is 6.05. The van der Waals surface area contributed by atoms with E-state index < -0.39 is 23.7 Å². The van der Waals surface area contributed by atoms with E-state index in [9.17, 15) is 9.59 Å². The minimum atomic E-state index is -1.00. The number of nitrogens with zero attached hydrogens (tertiary/aromatic N) is 3. The van der Waals surface area contributed by atoms with E-state index in [4.69, 9.17) is 23.8 Å². The molecule has 4 aromatic rings. The van der Waals surface area contributed by atoms with Crippen molar-refractivity contribution in [1.29, 1.82) is 0 Å². The zero-order valence-electron chi connectivity index (χ0n) is 23.1. The minimum Gasteiger partial charge on any atom is -0.497 e. The summed E-state index contributed by atoms with van der Waals surface area (Å²) in [6.07, 6.45) is 0.892. The Labute approximate surface area is 237 Å². The van der Waals surface area contributed by atoms with Gasteiger partial charge in [0.15, 0.2) is 0 Å². The van der Waals surface area contributed by atoms with Crippen molar-refractivity contribution in [3.05, 3.63) is 96.6 Å². The molecule has 0 saturated carbocycles. The molecule has 0 fully saturated rings. The van der Waals surface area contributed by atoms with Crippen molar-refractivity contribution in [2.75, 3.05) is 13.9 Å². The summed E-state index contributed by atoms with van der Waals surface area (Å²) in [6, 6.07) is 20.6. The predicted molar refractivity (Wildman–Crippen MR) is 150 cm³/mol. The van der Waals surface area contributed by atoms with Gasteiger partial charge < -0.3 is 29.1 Å². The van der Waals surface area contributed by atoms with Crippen LogP contribution in [0.3, 0.4) is 0 Å². The number of esters is 1. The second-order valence-electron chi connectivity index (χ2n) is 9.54. The number of aromatic nitrogens is 3. The highest BCUT2D eigenvalue weighted by molar-refractivity contribution is 5.82. The standard InChI is InChI=1S/C30H32N4O7/c1-5-30(2,3)41-29(36)31-26(28(35)38-19-22-12-14-23(37-4)15-13-22)18-21-10-16-24(17-11-21)39-20-40-34-27-9-7-6-8-25(27)32-33-34/h5-17,26H,1,18-20H2,2-4H3,(H,31,36). The van der Waals surface area contributed by atoms with Crippen molar-refractivity contribution in [2.24, 2.45) is 0 Å². The summed E-state index contributed by atoms with van der Waals surface area (Å²) in [5.41, 5.74) is 2.05. The first-order valence-corrected chi connectivity index (χ1v) is 12.8. The van der Waals surface area contributed by atoms with Crippen molar-refractivity contribution >= 4 is 23.1 Å². The van der Waals surface area contributed by atoms with E-state index in [1.165, 1.54) is 10.9 Å². The minimum absolute atomic E-state index is 0.0298. The van der Waals surface area contributed by atoms with Crippen molar-refractivity contribution in [1.82, 2.24) is 20.5 Å². The second kappa shape index (κ2) is 13.3. The molecule has 0 spiro atoms. The van der Waals surface area contributed by atoms with Gasteiger partial charge in [-0.15, -0.1) is 5.10 Å². The topological polar surface area (TPSA) is 123 Å². The summed E-state index contributed by atoms with van der Waals surface area (Å²) in [6.45, 7) is 6.97. The zero-order chi connectivity index (χ0) is 29.2. The van der Waals surface area contributed by atoms with Gasteiger partial charge in [0.1, 0.15) is 40.8 Å². The highest BCUT2D eigenvalue weighted by atomic mass is 16.8. The first-order chi connectivity index (χ1) is 19.8. The number of hydrogen-bond acceptors (Lipinski definition) is 9. The van der Waals surface area contributed by atoms with Gasteiger partial charge in [0.2, 0.25) is 0 Å². The number of benzene rings is 3. The van der Waals surface area contributed by atoms with Crippen LogP contribution in [0.2, 0.25) is 0 Å². The van der Waals surface area contributed by atoms with E-state index >= 15 is 0 Å². The summed E-state index contributed by atoms with van der Waals surface area (Å²) in [5, 5.41) is 10.6. The summed E-state index contributed by atoms with van der Waals surface area (Å²) < 4.78 is 21.7. The predicted octanol–water partition coefficient (Wildman–Crippen LogP) is 4.25. The van der Waals surface area contributed by atoms with Gasteiger partial charge in [-0.2, -0.15) is 0 Å². The first kappa shape index (κ1) is 28.9. The molecule has 0 aliphatic heterocycles. The van der Waals surface area contributed by atoms with E-state index in [1.54, 1.807) is 69.5 Å². The monoisotopic (exact) mass is 560 g/mol. The molecule has 214 valence electrons. The van der Waals surface area contributed by atoms with Crippen LogP contribution in [0.4, 0.5) is 4.79 Å². The molecule has 1 unspecified atom stereocenters. The lowest BCUT2D eigenvalue weighted by molar-refractivity contribution is -0.147. The van der Waals surface area contributed by atoms with Gasteiger partial charge in [0, 0.05) is 6.42 Å². The Morgan fingerprint density at radius 3 is 2.39 bits per heavy atom. The number of methoxy groups -OCH3 is 1. The highest BCUT2D eigenvalue weighted by Crippen LogP contribution is 2.17. The smallest absolute Gasteiger partial charge is 0.408 e. The summed E-state index contributed by atoms with van der Waals surface area (Å²) in [4.78, 5) is 32.4. The Morgan fingerprint density at radius 1 is 1.00 bits per heavy atom. The SMILES string of the molecule is C=CC(C)(C)OC(=O)NC(Cc1ccc(OCOn2nnc3ccccc32)cc1)C(=O)OCc1ccc(OC)cc1. The number of alkyl carbamates (subject to hydrolysis) is 1. The van der Waals surface area contributed by atoms with E-state index in [0.717, 1.165) is 16.6 Å². The molecule has 0 saturated heterocycles. The van der Waals surface area contributed by atoms with Gasteiger partial charge in [-0.05, 0) is 72.7 Å². The molecule has 0 radical (unpaired) electrons. The number of fused-ring (bicyclic) bond motifs is 1. The third kappa shape index (κ3) is 8.21. The molecule has 1 N–H and O–H groups in total. The second-order valence-corrected chi connectivity index (χ2v) is 9.54. The van der Waals surface area contributed by atoms with Gasteiger partial charge in [-0.1, -0.05) is 47.8 Å². The van der Waals surface area contributed by atoms with Gasteiger partial charge in [-0.3, -0.25) is 0 Å². The number of amides is 1. The van der Waals surface area contributed by atoms with E-state index in [1.807, 2.05) is 24.3 Å². The summed E-state index contributed by atoms with van der Waals surface area (Å²) >= 11 is 0. The van der Waals surface area contributed by atoms with Crippen LogP contribution in [0, 0.1) is 0 Å². The number of para-hydroxylation sites is 1. The molecule has 4 rings (SSSR count). The number of carbonyl (C=O) groups excluding carboxylic acids is 2. The molecular weight excluding hydrogens is 528 g/mol. The molecule has 1 heterocycles. The molecule has 0 bridgehead atoms. The number of nitrogens with one attached hydrogen (secondary N) is 1. The van der Waals surface area contributed by atoms with Crippen LogP contribution in [0.5, 0.6) is 11.5 Å². The lowest BCUT2D eigenvalue weighted by atomic mass is 10.1. The van der Waals surface area contributed by atoms with E-state index in [2.05, 4.69) is 22.2 Å². The van der Waals surface area contributed by atoms with Crippen molar-refractivity contribution < 1.29 is 33.4 Å². The number of hydrogen-bond donors (Lipinski definition) is 1. The fourth-order valence-corrected chi connectivity index (χ4v) is 3.67. The summed E-state index contributed by atoms with van der Waals surface area (Å²) in [5.74, 6) is 0.623. The Hall–Kier alpha value is -5.06. The Kier molecular flexibility index (Phi) is 9.41. The van der Waals surface area contributed by atoms with E-state index in [0.29, 0.717) is 17.0 Å². The number of ether oxygens (including phenoxy) is 4. The molecule has 11 heteroatoms. The molecule has 1 aromatic heterocycles. The van der Waals surface area contributed by atoms with Crippen molar-refractivity contribution in [2.45, 2.75) is 38.5 Å². The third-order valence-corrected chi connectivity index (χ3v) is 6.05. The van der Waals surface area contributed by atoms with Gasteiger partial charge in [-0.25, -0.2) is 9.59 Å². The van der Waals surface area contributed by atoms with Gasteiger partial charge in [0.25, 0.3) is 6.79 Å². The van der Waals surface area contributed by atoms with Crippen LogP contribution in [0.15, 0.2) is 85.5 Å². The van der Waals surface area contributed by atoms with Crippen molar-refractivity contribution in [3.8, 4) is 11.5 Å². The quantitative estimate of drug-likeness (QED) is 0.145. The summed E-state index contributed by atoms with van der Waals surface area (Å²) in [7, 11) is 1.57. The van der Waals surface area contributed by atoms with Crippen LogP contribution in [0.1, 0.15) is 25.0 Å². The number of carbonyl (C=O) groups is 2. The van der Waals surface area contributed by atoms with Gasteiger partial charge in [0.05, 0.1) is 7.11 Å². The van der Waals surface area contributed by atoms with Crippen LogP contribution in [0.25, 0.3) is 11.0 Å². The molecule has 0 aliphatic carbocycles. The van der Waals surface area contributed by atoms with Crippen LogP contribution < -0.4 is 19.6 Å². The lowest BCUT2D eigenvalue weighted by Crippen LogP contribution is -2.45. The highest BCUT2D eigenvalue weighted by Gasteiger charge is 2.26.